The molecule has 0 aliphatic carbocycles. The zero-order chi connectivity index (χ0) is 39.6. The number of ketones is 1. The molecule has 10 heterocycles. The van der Waals surface area contributed by atoms with Gasteiger partial charge in [0.1, 0.15) is 49.5 Å². The van der Waals surface area contributed by atoms with Gasteiger partial charge in [-0.3, -0.25) is 4.79 Å². The zero-order valence-corrected chi connectivity index (χ0v) is 34.7. The van der Waals surface area contributed by atoms with Crippen molar-refractivity contribution < 1.29 is 57.0 Å². The molecule has 12 heteroatoms. The molecule has 0 aromatic heterocycles. The molecule has 3 unspecified atom stereocenters. The van der Waals surface area contributed by atoms with Crippen LogP contribution in [0.4, 0.5) is 0 Å². The van der Waals surface area contributed by atoms with Gasteiger partial charge in [-0.1, -0.05) is 39.3 Å². The molecule has 0 aromatic rings. The van der Waals surface area contributed by atoms with E-state index in [1.807, 2.05) is 0 Å². The Hall–Kier alpha value is -1.74. The van der Waals surface area contributed by atoms with E-state index >= 15 is 0 Å². The van der Waals surface area contributed by atoms with Gasteiger partial charge in [0.25, 0.3) is 0 Å². The number of hydrogen-bond donors (Lipinski definition) is 0. The molecule has 18 atom stereocenters. The molecule has 57 heavy (non-hydrogen) atoms. The lowest BCUT2D eigenvalue weighted by Crippen LogP contribution is -2.61. The average Bonchev–Trinajstić information content (AvgIpc) is 3.84. The molecule has 0 saturated carbocycles. The van der Waals surface area contributed by atoms with Gasteiger partial charge in [-0.2, -0.15) is 0 Å². The monoisotopic (exact) mass is 798 g/mol. The van der Waals surface area contributed by atoms with Crippen LogP contribution in [0.25, 0.3) is 0 Å². The second-order valence-corrected chi connectivity index (χ2v) is 19.1. The molecule has 10 rings (SSSR count). The molecule has 10 aliphatic heterocycles. The van der Waals surface area contributed by atoms with E-state index in [-0.39, 0.29) is 116 Å². The fourth-order valence-corrected chi connectivity index (χ4v) is 11.9. The molecule has 1 spiro atoms. The lowest BCUT2D eigenvalue weighted by atomic mass is 9.79. The maximum Gasteiger partial charge on any atom is 0.332 e. The van der Waals surface area contributed by atoms with Gasteiger partial charge in [0, 0.05) is 39.2 Å². The van der Waals surface area contributed by atoms with Crippen molar-refractivity contribution in [3.8, 4) is 0 Å². The van der Waals surface area contributed by atoms with E-state index in [0.29, 0.717) is 38.0 Å². The van der Waals surface area contributed by atoms with Gasteiger partial charge in [0.15, 0.2) is 5.79 Å². The first kappa shape index (κ1) is 40.7. The van der Waals surface area contributed by atoms with E-state index in [9.17, 15) is 9.59 Å². The summed E-state index contributed by atoms with van der Waals surface area (Å²) in [5.74, 6) is -0.268. The molecule has 0 amide bonds. The van der Waals surface area contributed by atoms with E-state index < -0.39 is 11.8 Å². The first-order valence-electron chi connectivity index (χ1n) is 22.3. The van der Waals surface area contributed by atoms with E-state index in [0.717, 1.165) is 68.9 Å². The number of carbonyl (C=O) groups excluding carboxylic acids is 2. The second kappa shape index (κ2) is 16.6. The van der Waals surface area contributed by atoms with Crippen molar-refractivity contribution in [2.24, 2.45) is 17.8 Å². The Balaban J connectivity index is 0.995. The third-order valence-electron chi connectivity index (χ3n) is 15.2. The smallest absolute Gasteiger partial charge is 0.332 e. The SMILES string of the molecule is C=C1C[C@@H]2CC[C@@]34C[C@H]5O[C@H]6[C@@H](O3)[C@H]3OC(CC[C@@H]3O[C@H]6[C@H]5O4)CC(=O)C[C@@H]3[C@@H](C)[C@@H](C[C@H](C)CC)O[C@H]3CC3O[C@@H](CCC1O2)CC(C)=C3COC(=O)COC. The highest BCUT2D eigenvalue weighted by Crippen LogP contribution is 2.54. The molecular formula is C45H66O12. The molecule has 0 aromatic carbocycles. The number of Topliss-reactive ketones (excluding diaryl/α,β-unsaturated/α-hetero) is 1. The summed E-state index contributed by atoms with van der Waals surface area (Å²) in [5, 5.41) is 0. The van der Waals surface area contributed by atoms with Crippen LogP contribution in [0.1, 0.15) is 118 Å². The summed E-state index contributed by atoms with van der Waals surface area (Å²) in [5.41, 5.74) is 3.29. The van der Waals surface area contributed by atoms with Crippen LogP contribution >= 0.6 is 0 Å². The highest BCUT2D eigenvalue weighted by atomic mass is 16.8. The number of ether oxygens (including phenoxy) is 10. The van der Waals surface area contributed by atoms with Crippen molar-refractivity contribution in [3.05, 3.63) is 23.3 Å². The maximum absolute atomic E-state index is 14.2. The van der Waals surface area contributed by atoms with Crippen LogP contribution in [0.5, 0.6) is 0 Å². The van der Waals surface area contributed by atoms with Crippen molar-refractivity contribution in [2.45, 2.75) is 209 Å². The number of rotatable bonds is 7. The van der Waals surface area contributed by atoms with E-state index in [1.165, 1.54) is 12.7 Å². The van der Waals surface area contributed by atoms with Gasteiger partial charge < -0.3 is 47.4 Å². The van der Waals surface area contributed by atoms with Crippen molar-refractivity contribution in [1.29, 1.82) is 0 Å². The lowest BCUT2D eigenvalue weighted by molar-refractivity contribution is -0.292. The van der Waals surface area contributed by atoms with E-state index in [4.69, 9.17) is 47.4 Å². The fourth-order valence-electron chi connectivity index (χ4n) is 11.9. The Morgan fingerprint density at radius 3 is 2.39 bits per heavy atom. The first-order chi connectivity index (χ1) is 27.5. The normalized spacial score (nSPS) is 47.5. The number of methoxy groups -OCH3 is 1. The Morgan fingerprint density at radius 2 is 1.56 bits per heavy atom. The minimum Gasteiger partial charge on any atom is -0.459 e. The average molecular weight is 799 g/mol. The van der Waals surface area contributed by atoms with Gasteiger partial charge in [-0.25, -0.2) is 4.79 Å². The van der Waals surface area contributed by atoms with E-state index in [2.05, 4.69) is 34.3 Å². The highest BCUT2D eigenvalue weighted by Gasteiger charge is 2.68. The Bertz CT molecular complexity index is 1550. The summed E-state index contributed by atoms with van der Waals surface area (Å²) in [6.07, 6.45) is 8.13. The molecule has 12 nitrogen and oxygen atoms in total. The quantitative estimate of drug-likeness (QED) is 0.218. The second-order valence-electron chi connectivity index (χ2n) is 19.1. The molecule has 10 aliphatic rings. The summed E-state index contributed by atoms with van der Waals surface area (Å²) < 4.78 is 65.5. The molecule has 318 valence electrons. The fraction of sp³-hybridized carbons (Fsp3) is 0.867. The van der Waals surface area contributed by atoms with Crippen molar-refractivity contribution in [3.63, 3.8) is 0 Å². The van der Waals surface area contributed by atoms with Gasteiger partial charge in [0.2, 0.25) is 0 Å². The Morgan fingerprint density at radius 1 is 0.825 bits per heavy atom. The lowest BCUT2D eigenvalue weighted by Gasteiger charge is -2.47. The van der Waals surface area contributed by atoms with Crippen LogP contribution < -0.4 is 0 Å². The van der Waals surface area contributed by atoms with Crippen LogP contribution in [0, 0.1) is 17.8 Å². The summed E-state index contributed by atoms with van der Waals surface area (Å²) >= 11 is 0. The minimum atomic E-state index is -0.780. The van der Waals surface area contributed by atoms with Gasteiger partial charge in [-0.15, -0.1) is 0 Å². The van der Waals surface area contributed by atoms with Crippen molar-refractivity contribution in [1.82, 2.24) is 0 Å². The van der Waals surface area contributed by atoms with Crippen molar-refractivity contribution in [2.75, 3.05) is 20.3 Å². The molecular weight excluding hydrogens is 732 g/mol. The summed E-state index contributed by atoms with van der Waals surface area (Å²) in [4.78, 5) is 26.7. The molecule has 0 radical (unpaired) electrons. The standard InChI is InChI=1S/C45H66O12/c1-7-23(2)14-35-26(5)31-18-27(46)17-29-9-11-34-40(52-29)44-43-42(54-34)41-38(55-43)20-45(56-41,57-44)13-12-30-16-25(4)33(50-30)10-8-28-15-24(3)32(21-49-39(47)22-48-6)37(51-28)19-36(31)53-35/h23,26,28-31,33-38,40-44H,4,7-22H2,1-3,5-6H3/t23-,26-,28+,29?,30+,31-,33?,34+,35-,36+,37?,38-,40+,41+,42+,43-,44+,45+/m1/s1. The number of esters is 1. The van der Waals surface area contributed by atoms with Crippen LogP contribution in [0.2, 0.25) is 0 Å². The molecule has 9 fully saturated rings. The predicted molar refractivity (Wildman–Crippen MR) is 206 cm³/mol. The van der Waals surface area contributed by atoms with Crippen LogP contribution in [0.15, 0.2) is 23.3 Å². The molecule has 12 bridgehead atoms. The molecule has 9 saturated heterocycles. The van der Waals surface area contributed by atoms with Crippen LogP contribution in [-0.2, 0) is 57.0 Å². The van der Waals surface area contributed by atoms with Gasteiger partial charge in [-0.05, 0) is 87.2 Å². The Kier molecular flexibility index (Phi) is 11.8. The van der Waals surface area contributed by atoms with E-state index in [1.54, 1.807) is 0 Å². The summed E-state index contributed by atoms with van der Waals surface area (Å²) in [6, 6.07) is 0. The number of carbonyl (C=O) groups is 2. The minimum absolute atomic E-state index is 0.0195. The predicted octanol–water partition coefficient (Wildman–Crippen LogP) is 6.10. The van der Waals surface area contributed by atoms with Gasteiger partial charge >= 0.3 is 5.97 Å². The first-order valence-corrected chi connectivity index (χ1v) is 22.3. The Labute approximate surface area is 338 Å². The van der Waals surface area contributed by atoms with Crippen molar-refractivity contribution >= 4 is 11.8 Å². The third-order valence-corrected chi connectivity index (χ3v) is 15.2. The third kappa shape index (κ3) is 8.10. The van der Waals surface area contributed by atoms with Crippen LogP contribution in [0.3, 0.4) is 0 Å². The number of hydrogen-bond acceptors (Lipinski definition) is 12. The summed E-state index contributed by atoms with van der Waals surface area (Å²) in [7, 11) is 1.49. The topological polar surface area (TPSA) is 126 Å². The van der Waals surface area contributed by atoms with Crippen LogP contribution in [-0.4, -0.2) is 123 Å². The van der Waals surface area contributed by atoms with Gasteiger partial charge in [0.05, 0.1) is 54.9 Å². The molecule has 0 N–H and O–H groups in total. The zero-order valence-electron chi connectivity index (χ0n) is 34.7. The largest absolute Gasteiger partial charge is 0.459 e. The summed E-state index contributed by atoms with van der Waals surface area (Å²) in [6.45, 7) is 13.4. The highest BCUT2D eigenvalue weighted by molar-refractivity contribution is 5.79. The maximum atomic E-state index is 14.2. The number of fused-ring (bicyclic) bond motifs is 6.